The fraction of sp³-hybridized carbons (Fsp3) is 0.643. The van der Waals surface area contributed by atoms with Gasteiger partial charge in [-0.05, 0) is 49.0 Å². The highest BCUT2D eigenvalue weighted by Gasteiger charge is 2.27. The Hall–Kier alpha value is -1.17. The molecule has 2 rings (SSSR count). The second kappa shape index (κ2) is 7.02. The van der Waals surface area contributed by atoms with Crippen molar-refractivity contribution in [3.63, 3.8) is 0 Å². The van der Waals surface area contributed by atoms with Gasteiger partial charge in [-0.15, -0.1) is 0 Å². The molecule has 2 N–H and O–H groups in total. The summed E-state index contributed by atoms with van der Waals surface area (Å²) < 4.78 is 0.862. The molecule has 1 saturated carbocycles. The molecular weight excluding hydrogens is 320 g/mol. The molecule has 1 aromatic heterocycles. The van der Waals surface area contributed by atoms with Crippen LogP contribution in [0.15, 0.2) is 16.9 Å². The summed E-state index contributed by atoms with van der Waals surface area (Å²) in [7, 11) is 0. The summed E-state index contributed by atoms with van der Waals surface area (Å²) in [6.07, 6.45) is 7.38. The summed E-state index contributed by atoms with van der Waals surface area (Å²) in [6.45, 7) is 3.98. The number of carbonyl (C=O) groups is 1. The number of hydrogen-bond donors (Lipinski definition) is 2. The number of nitrogens with one attached hydrogen (secondary N) is 2. The predicted octanol–water partition coefficient (Wildman–Crippen LogP) is 2.73. The number of hydrogen-bond acceptors (Lipinski definition) is 4. The molecule has 0 aliphatic heterocycles. The molecule has 1 aliphatic rings. The quantitative estimate of drug-likeness (QED) is 0.884. The Morgan fingerprint density at radius 3 is 2.70 bits per heavy atom. The second-order valence-electron chi connectivity index (χ2n) is 5.59. The standard InChI is InChI=1S/C14H21BrN4O/c1-9(2)18-13(20)10-4-3-5-12(6-10)19-14-16-7-11(15)8-17-14/h7-10,12H,3-6H2,1-2H3,(H,18,20)(H,16,17,19)/t10-,12+/m1/s1. The van der Waals surface area contributed by atoms with Crippen molar-refractivity contribution in [3.05, 3.63) is 16.9 Å². The molecule has 1 heterocycles. The molecule has 0 spiro atoms. The Morgan fingerprint density at radius 2 is 2.05 bits per heavy atom. The van der Waals surface area contributed by atoms with Crippen LogP contribution in [0.1, 0.15) is 39.5 Å². The first-order valence-electron chi connectivity index (χ1n) is 7.09. The monoisotopic (exact) mass is 340 g/mol. The third kappa shape index (κ3) is 4.44. The van der Waals surface area contributed by atoms with E-state index in [-0.39, 0.29) is 23.9 Å². The number of carbonyl (C=O) groups excluding carboxylic acids is 1. The Bertz CT molecular complexity index is 449. The Balaban J connectivity index is 1.90. The summed E-state index contributed by atoms with van der Waals surface area (Å²) in [4.78, 5) is 20.5. The number of anilines is 1. The van der Waals surface area contributed by atoms with Gasteiger partial charge in [-0.3, -0.25) is 4.79 Å². The fourth-order valence-electron chi connectivity index (χ4n) is 2.53. The SMILES string of the molecule is CC(C)NC(=O)[C@@H]1CCC[C@H](Nc2ncc(Br)cn2)C1. The van der Waals surface area contributed by atoms with Gasteiger partial charge in [-0.1, -0.05) is 6.42 Å². The normalized spacial score (nSPS) is 22.6. The average molecular weight is 341 g/mol. The lowest BCUT2D eigenvalue weighted by Gasteiger charge is -2.29. The highest BCUT2D eigenvalue weighted by Crippen LogP contribution is 2.26. The van der Waals surface area contributed by atoms with Crippen LogP contribution < -0.4 is 10.6 Å². The van der Waals surface area contributed by atoms with Crippen LogP contribution in [0.3, 0.4) is 0 Å². The summed E-state index contributed by atoms with van der Waals surface area (Å²) in [5.41, 5.74) is 0. The van der Waals surface area contributed by atoms with Gasteiger partial charge in [-0.2, -0.15) is 0 Å². The van der Waals surface area contributed by atoms with Crippen LogP contribution in [-0.2, 0) is 4.79 Å². The molecule has 1 amide bonds. The van der Waals surface area contributed by atoms with Gasteiger partial charge in [0.1, 0.15) is 0 Å². The van der Waals surface area contributed by atoms with Gasteiger partial charge in [0, 0.05) is 30.4 Å². The number of aromatic nitrogens is 2. The number of nitrogens with zero attached hydrogens (tertiary/aromatic N) is 2. The minimum absolute atomic E-state index is 0.0964. The van der Waals surface area contributed by atoms with E-state index in [1.165, 1.54) is 0 Å². The maximum atomic E-state index is 12.1. The van der Waals surface area contributed by atoms with E-state index in [4.69, 9.17) is 0 Å². The van der Waals surface area contributed by atoms with Gasteiger partial charge in [-0.25, -0.2) is 9.97 Å². The van der Waals surface area contributed by atoms with Crippen LogP contribution in [-0.4, -0.2) is 28.0 Å². The molecule has 1 aliphatic carbocycles. The van der Waals surface area contributed by atoms with E-state index in [0.29, 0.717) is 5.95 Å². The highest BCUT2D eigenvalue weighted by molar-refractivity contribution is 9.10. The van der Waals surface area contributed by atoms with E-state index in [9.17, 15) is 4.79 Å². The van der Waals surface area contributed by atoms with Crippen LogP contribution in [0.2, 0.25) is 0 Å². The van der Waals surface area contributed by atoms with E-state index < -0.39 is 0 Å². The van der Waals surface area contributed by atoms with Crippen molar-refractivity contribution in [1.29, 1.82) is 0 Å². The maximum absolute atomic E-state index is 12.1. The van der Waals surface area contributed by atoms with E-state index >= 15 is 0 Å². The highest BCUT2D eigenvalue weighted by atomic mass is 79.9. The molecule has 0 radical (unpaired) electrons. The van der Waals surface area contributed by atoms with Crippen molar-refractivity contribution in [2.24, 2.45) is 5.92 Å². The van der Waals surface area contributed by atoms with Gasteiger partial charge < -0.3 is 10.6 Å². The van der Waals surface area contributed by atoms with Crippen LogP contribution in [0.25, 0.3) is 0 Å². The molecule has 0 aromatic carbocycles. The lowest BCUT2D eigenvalue weighted by molar-refractivity contribution is -0.126. The van der Waals surface area contributed by atoms with Crippen molar-refractivity contribution >= 4 is 27.8 Å². The fourth-order valence-corrected chi connectivity index (χ4v) is 2.74. The van der Waals surface area contributed by atoms with Crippen LogP contribution in [0.5, 0.6) is 0 Å². The maximum Gasteiger partial charge on any atom is 0.223 e. The minimum Gasteiger partial charge on any atom is -0.354 e. The topological polar surface area (TPSA) is 66.9 Å². The third-order valence-corrected chi connectivity index (χ3v) is 3.84. The van der Waals surface area contributed by atoms with E-state index in [1.807, 2.05) is 13.8 Å². The summed E-state index contributed by atoms with van der Waals surface area (Å²) >= 11 is 3.32. The first kappa shape index (κ1) is 15.2. The Kier molecular flexibility index (Phi) is 5.34. The molecule has 20 heavy (non-hydrogen) atoms. The van der Waals surface area contributed by atoms with Crippen molar-refractivity contribution in [2.75, 3.05) is 5.32 Å². The van der Waals surface area contributed by atoms with Gasteiger partial charge >= 0.3 is 0 Å². The number of rotatable bonds is 4. The van der Waals surface area contributed by atoms with Crippen molar-refractivity contribution in [2.45, 2.75) is 51.6 Å². The predicted molar refractivity (Wildman–Crippen MR) is 82.4 cm³/mol. The summed E-state index contributed by atoms with van der Waals surface area (Å²) in [6, 6.07) is 0.471. The second-order valence-corrected chi connectivity index (χ2v) is 6.51. The molecule has 6 heteroatoms. The molecule has 0 unspecified atom stereocenters. The van der Waals surface area contributed by atoms with Gasteiger partial charge in [0.2, 0.25) is 11.9 Å². The minimum atomic E-state index is 0.0964. The van der Waals surface area contributed by atoms with Crippen LogP contribution in [0.4, 0.5) is 5.95 Å². The average Bonchev–Trinajstić information content (AvgIpc) is 2.41. The molecule has 0 saturated heterocycles. The lowest BCUT2D eigenvalue weighted by atomic mass is 9.85. The van der Waals surface area contributed by atoms with E-state index in [0.717, 1.165) is 30.2 Å². The number of halogens is 1. The van der Waals surface area contributed by atoms with Crippen LogP contribution in [0, 0.1) is 5.92 Å². The Morgan fingerprint density at radius 1 is 1.35 bits per heavy atom. The molecule has 1 fully saturated rings. The number of amides is 1. The summed E-state index contributed by atoms with van der Waals surface area (Å²) in [5.74, 6) is 0.894. The lowest BCUT2D eigenvalue weighted by Crippen LogP contribution is -2.40. The zero-order valence-corrected chi connectivity index (χ0v) is 13.5. The first-order valence-corrected chi connectivity index (χ1v) is 7.88. The van der Waals surface area contributed by atoms with Gasteiger partial charge in [0.05, 0.1) is 4.47 Å². The zero-order chi connectivity index (χ0) is 14.5. The molecule has 5 nitrogen and oxygen atoms in total. The summed E-state index contributed by atoms with van der Waals surface area (Å²) in [5, 5.41) is 6.32. The largest absolute Gasteiger partial charge is 0.354 e. The van der Waals surface area contributed by atoms with Gasteiger partial charge in [0.25, 0.3) is 0 Å². The molecule has 110 valence electrons. The molecule has 1 aromatic rings. The molecule has 2 atom stereocenters. The van der Waals surface area contributed by atoms with Crippen LogP contribution >= 0.6 is 15.9 Å². The zero-order valence-electron chi connectivity index (χ0n) is 11.9. The van der Waals surface area contributed by atoms with Crippen molar-refractivity contribution in [1.82, 2.24) is 15.3 Å². The molecular formula is C14H21BrN4O. The first-order chi connectivity index (χ1) is 9.54. The Labute approximate surface area is 128 Å². The smallest absolute Gasteiger partial charge is 0.223 e. The van der Waals surface area contributed by atoms with Crippen molar-refractivity contribution in [3.8, 4) is 0 Å². The van der Waals surface area contributed by atoms with E-state index in [1.54, 1.807) is 12.4 Å². The molecule has 0 bridgehead atoms. The van der Waals surface area contributed by atoms with E-state index in [2.05, 4.69) is 36.5 Å². The third-order valence-electron chi connectivity index (χ3n) is 3.43. The van der Waals surface area contributed by atoms with Gasteiger partial charge in [0.15, 0.2) is 0 Å². The van der Waals surface area contributed by atoms with Crippen molar-refractivity contribution < 1.29 is 4.79 Å².